The van der Waals surface area contributed by atoms with Gasteiger partial charge in [0.05, 0.1) is 0 Å². The number of nitrogens with zero attached hydrogens (tertiary/aromatic N) is 1. The number of ether oxygens (including phenoxy) is 4. The van der Waals surface area contributed by atoms with Gasteiger partial charge in [-0.2, -0.15) is 0 Å². The molecule has 0 bridgehead atoms. The minimum absolute atomic E-state index is 0.0277. The molecule has 148 valence electrons. The Morgan fingerprint density at radius 2 is 1.81 bits per heavy atom. The first-order chi connectivity index (χ1) is 12.7. The minimum atomic E-state index is -1.04. The van der Waals surface area contributed by atoms with Crippen LogP contribution in [0.2, 0.25) is 0 Å². The van der Waals surface area contributed by atoms with E-state index in [-0.39, 0.29) is 13.0 Å². The molecule has 2 heterocycles. The number of carbonyl (C=O) groups excluding carboxylic acids is 3. The zero-order valence-electron chi connectivity index (χ0n) is 15.0. The highest BCUT2D eigenvalue weighted by Gasteiger charge is 2.44. The molecule has 4 atom stereocenters. The lowest BCUT2D eigenvalue weighted by Crippen LogP contribution is -2.53. The number of aromatic nitrogens is 2. The zero-order valence-corrected chi connectivity index (χ0v) is 15.0. The molecule has 0 radical (unpaired) electrons. The average Bonchev–Trinajstić information content (AvgIpc) is 2.54. The second-order valence-electron chi connectivity index (χ2n) is 5.91. The summed E-state index contributed by atoms with van der Waals surface area (Å²) in [6.07, 6.45) is -2.75. The largest absolute Gasteiger partial charge is 0.463 e. The Morgan fingerprint density at radius 1 is 1.15 bits per heavy atom. The molecule has 1 fully saturated rings. The van der Waals surface area contributed by atoms with Crippen molar-refractivity contribution in [3.8, 4) is 0 Å². The Morgan fingerprint density at radius 3 is 2.37 bits per heavy atom. The van der Waals surface area contributed by atoms with Crippen LogP contribution >= 0.6 is 0 Å². The SMILES string of the molecule is CC(=O)OC[C@H]1O[C@@H](n2ccc(=O)[nH]c2=O)C[C@@H](OC(C)=O)[C@H]1OC(C)=O. The molecule has 1 aromatic rings. The van der Waals surface area contributed by atoms with Crippen molar-refractivity contribution in [2.75, 3.05) is 6.61 Å². The summed E-state index contributed by atoms with van der Waals surface area (Å²) in [5.74, 6) is -1.86. The zero-order chi connectivity index (χ0) is 20.1. The monoisotopic (exact) mass is 384 g/mol. The molecule has 0 aliphatic carbocycles. The predicted molar refractivity (Wildman–Crippen MR) is 87.6 cm³/mol. The van der Waals surface area contributed by atoms with Gasteiger partial charge in [-0.25, -0.2) is 4.79 Å². The fraction of sp³-hybridized carbons (Fsp3) is 0.562. The van der Waals surface area contributed by atoms with Crippen molar-refractivity contribution in [3.63, 3.8) is 0 Å². The van der Waals surface area contributed by atoms with E-state index in [1.165, 1.54) is 27.0 Å². The molecule has 0 unspecified atom stereocenters. The fourth-order valence-corrected chi connectivity index (χ4v) is 2.75. The van der Waals surface area contributed by atoms with E-state index in [4.69, 9.17) is 18.9 Å². The normalized spacial score (nSPS) is 24.7. The molecular formula is C16H20N2O9. The van der Waals surface area contributed by atoms with Crippen LogP contribution in [0.3, 0.4) is 0 Å². The van der Waals surface area contributed by atoms with Crippen LogP contribution in [0.15, 0.2) is 21.9 Å². The maximum absolute atomic E-state index is 12.0. The lowest BCUT2D eigenvalue weighted by atomic mass is 10.00. The van der Waals surface area contributed by atoms with Crippen molar-refractivity contribution in [2.45, 2.75) is 51.7 Å². The van der Waals surface area contributed by atoms with E-state index in [1.807, 2.05) is 0 Å². The van der Waals surface area contributed by atoms with Gasteiger partial charge >= 0.3 is 23.6 Å². The van der Waals surface area contributed by atoms with Crippen molar-refractivity contribution in [2.24, 2.45) is 0 Å². The summed E-state index contributed by atoms with van der Waals surface area (Å²) in [7, 11) is 0. The molecule has 0 aromatic carbocycles. The first kappa shape index (κ1) is 20.4. The highest BCUT2D eigenvalue weighted by Crippen LogP contribution is 2.31. The van der Waals surface area contributed by atoms with Crippen LogP contribution in [-0.2, 0) is 33.3 Å². The summed E-state index contributed by atoms with van der Waals surface area (Å²) in [5, 5.41) is 0. The van der Waals surface area contributed by atoms with Gasteiger partial charge in [0, 0.05) is 39.5 Å². The maximum Gasteiger partial charge on any atom is 0.330 e. The van der Waals surface area contributed by atoms with Gasteiger partial charge in [0.2, 0.25) is 0 Å². The van der Waals surface area contributed by atoms with E-state index in [0.29, 0.717) is 0 Å². The summed E-state index contributed by atoms with van der Waals surface area (Å²) in [5.41, 5.74) is -1.32. The first-order valence-corrected chi connectivity index (χ1v) is 8.12. The molecule has 11 nitrogen and oxygen atoms in total. The molecule has 1 aromatic heterocycles. The van der Waals surface area contributed by atoms with E-state index < -0.39 is 53.7 Å². The van der Waals surface area contributed by atoms with Gasteiger partial charge in [-0.05, 0) is 0 Å². The standard InChI is InChI=1S/C16H20N2O9/c1-8(19)24-7-12-15(26-10(3)21)11(25-9(2)20)6-14(27-12)18-5-4-13(22)17-16(18)23/h4-5,11-12,14-15H,6-7H2,1-3H3,(H,17,22,23)/t11-,12-,14-,15-/m1/s1. The van der Waals surface area contributed by atoms with E-state index in [2.05, 4.69) is 4.98 Å². The summed E-state index contributed by atoms with van der Waals surface area (Å²) in [6.45, 7) is 3.26. The van der Waals surface area contributed by atoms with Crippen LogP contribution in [0.5, 0.6) is 0 Å². The number of hydrogen-bond acceptors (Lipinski definition) is 9. The molecule has 2 rings (SSSR count). The highest BCUT2D eigenvalue weighted by atomic mass is 16.6. The smallest absolute Gasteiger partial charge is 0.330 e. The lowest BCUT2D eigenvalue weighted by Gasteiger charge is -2.40. The van der Waals surface area contributed by atoms with Crippen molar-refractivity contribution < 1.29 is 33.3 Å². The Labute approximate surface area is 153 Å². The molecule has 1 aliphatic rings. The number of hydrogen-bond donors (Lipinski definition) is 1. The van der Waals surface area contributed by atoms with Crippen molar-refractivity contribution in [3.05, 3.63) is 33.1 Å². The van der Waals surface area contributed by atoms with Gasteiger partial charge in [-0.15, -0.1) is 0 Å². The summed E-state index contributed by atoms with van der Waals surface area (Å²) in [6, 6.07) is 1.13. The molecule has 11 heteroatoms. The molecule has 0 amide bonds. The third-order valence-corrected chi connectivity index (χ3v) is 3.73. The summed E-state index contributed by atoms with van der Waals surface area (Å²) >= 11 is 0. The van der Waals surface area contributed by atoms with Crippen molar-refractivity contribution in [1.82, 2.24) is 9.55 Å². The van der Waals surface area contributed by atoms with Crippen molar-refractivity contribution >= 4 is 17.9 Å². The Balaban J connectivity index is 2.36. The Hall–Kier alpha value is -2.95. The van der Waals surface area contributed by atoms with E-state index in [1.54, 1.807) is 0 Å². The fourth-order valence-electron chi connectivity index (χ4n) is 2.75. The molecule has 27 heavy (non-hydrogen) atoms. The van der Waals surface area contributed by atoms with Crippen LogP contribution in [0.25, 0.3) is 0 Å². The molecule has 1 saturated heterocycles. The number of esters is 3. The number of carbonyl (C=O) groups is 3. The molecule has 1 aliphatic heterocycles. The summed E-state index contributed by atoms with van der Waals surface area (Å²) in [4.78, 5) is 59.5. The van der Waals surface area contributed by atoms with Crippen LogP contribution in [0.1, 0.15) is 33.4 Å². The van der Waals surface area contributed by atoms with Gasteiger partial charge in [0.25, 0.3) is 5.56 Å². The van der Waals surface area contributed by atoms with Crippen LogP contribution in [0.4, 0.5) is 0 Å². The van der Waals surface area contributed by atoms with Crippen molar-refractivity contribution in [1.29, 1.82) is 0 Å². The number of nitrogens with one attached hydrogen (secondary N) is 1. The molecule has 0 saturated carbocycles. The number of rotatable bonds is 5. The van der Waals surface area contributed by atoms with Gasteiger partial charge in [-0.1, -0.05) is 0 Å². The van der Waals surface area contributed by atoms with E-state index >= 15 is 0 Å². The summed E-state index contributed by atoms with van der Waals surface area (Å²) < 4.78 is 22.2. The van der Waals surface area contributed by atoms with E-state index in [9.17, 15) is 24.0 Å². The van der Waals surface area contributed by atoms with Crippen LogP contribution < -0.4 is 11.2 Å². The Kier molecular flexibility index (Phi) is 6.50. The minimum Gasteiger partial charge on any atom is -0.463 e. The second-order valence-corrected chi connectivity index (χ2v) is 5.91. The third-order valence-electron chi connectivity index (χ3n) is 3.73. The maximum atomic E-state index is 12.0. The van der Waals surface area contributed by atoms with E-state index in [0.717, 1.165) is 10.6 Å². The lowest BCUT2D eigenvalue weighted by molar-refractivity contribution is -0.227. The first-order valence-electron chi connectivity index (χ1n) is 8.12. The molecule has 0 spiro atoms. The van der Waals surface area contributed by atoms with Gasteiger partial charge < -0.3 is 18.9 Å². The Bertz CT molecular complexity index is 828. The van der Waals surface area contributed by atoms with Gasteiger partial charge in [0.1, 0.15) is 25.0 Å². The van der Waals surface area contributed by atoms with Crippen LogP contribution in [-0.4, -0.2) is 52.4 Å². The number of aromatic amines is 1. The van der Waals surface area contributed by atoms with Crippen LogP contribution in [0, 0.1) is 0 Å². The molecule has 1 N–H and O–H groups in total. The molecular weight excluding hydrogens is 364 g/mol. The second kappa shape index (κ2) is 8.62. The highest BCUT2D eigenvalue weighted by molar-refractivity contribution is 5.67. The van der Waals surface area contributed by atoms with Gasteiger partial charge in [0.15, 0.2) is 6.10 Å². The quantitative estimate of drug-likeness (QED) is 0.512. The topological polar surface area (TPSA) is 143 Å². The third kappa shape index (κ3) is 5.51. The number of H-pyrrole nitrogens is 1. The average molecular weight is 384 g/mol. The predicted octanol–water partition coefficient (Wildman–Crippen LogP) is -0.749. The van der Waals surface area contributed by atoms with Gasteiger partial charge in [-0.3, -0.25) is 28.7 Å².